The zero-order valence-electron chi connectivity index (χ0n) is 14.8. The zero-order chi connectivity index (χ0) is 19.0. The number of benzene rings is 1. The molecule has 0 spiro atoms. The first-order valence-corrected chi connectivity index (χ1v) is 9.16. The standard InChI is InChI=1S/C18H23F2N3O2S/c1-3-21-17(23-12-18(2,24)16-5-4-10-26-16)22-8-9-25-15-7-6-13(19)11-14(15)20/h4-7,10-11,24H,3,8-9,12H2,1-2H3,(H2,21,22,23). The van der Waals surface area contributed by atoms with E-state index in [1.165, 1.54) is 17.4 Å². The van der Waals surface area contributed by atoms with Gasteiger partial charge in [0, 0.05) is 17.5 Å². The normalized spacial score (nSPS) is 14.0. The highest BCUT2D eigenvalue weighted by molar-refractivity contribution is 7.10. The molecule has 0 aliphatic rings. The first-order chi connectivity index (χ1) is 12.4. The van der Waals surface area contributed by atoms with E-state index in [0.29, 0.717) is 19.0 Å². The lowest BCUT2D eigenvalue weighted by atomic mass is 10.1. The van der Waals surface area contributed by atoms with E-state index in [4.69, 9.17) is 4.74 Å². The minimum atomic E-state index is -1.05. The van der Waals surface area contributed by atoms with Crippen molar-refractivity contribution in [3.05, 3.63) is 52.2 Å². The lowest BCUT2D eigenvalue weighted by molar-refractivity contribution is 0.0711. The van der Waals surface area contributed by atoms with Crippen molar-refractivity contribution in [3.8, 4) is 5.75 Å². The van der Waals surface area contributed by atoms with Crippen molar-refractivity contribution in [3.63, 3.8) is 0 Å². The smallest absolute Gasteiger partial charge is 0.191 e. The Morgan fingerprint density at radius 2 is 2.12 bits per heavy atom. The molecule has 0 saturated heterocycles. The third-order valence-electron chi connectivity index (χ3n) is 3.49. The molecular formula is C18H23F2N3O2S. The number of hydrogen-bond donors (Lipinski definition) is 3. The Labute approximate surface area is 155 Å². The Hall–Kier alpha value is -2.19. The Morgan fingerprint density at radius 1 is 1.31 bits per heavy atom. The van der Waals surface area contributed by atoms with Crippen LogP contribution in [0.1, 0.15) is 18.7 Å². The van der Waals surface area contributed by atoms with Gasteiger partial charge in [0.2, 0.25) is 0 Å². The van der Waals surface area contributed by atoms with Crippen LogP contribution in [0.5, 0.6) is 5.75 Å². The molecule has 0 bridgehead atoms. The lowest BCUT2D eigenvalue weighted by Crippen LogP contribution is -2.40. The van der Waals surface area contributed by atoms with Crippen LogP contribution in [-0.2, 0) is 5.60 Å². The number of rotatable bonds is 8. The summed E-state index contributed by atoms with van der Waals surface area (Å²) in [4.78, 5) is 5.23. The second-order valence-corrected chi connectivity index (χ2v) is 6.74. The van der Waals surface area contributed by atoms with Crippen LogP contribution in [0.15, 0.2) is 40.7 Å². The summed E-state index contributed by atoms with van der Waals surface area (Å²) in [7, 11) is 0. The van der Waals surface area contributed by atoms with Crippen molar-refractivity contribution in [1.29, 1.82) is 0 Å². The quantitative estimate of drug-likeness (QED) is 0.373. The van der Waals surface area contributed by atoms with Gasteiger partial charge >= 0.3 is 0 Å². The first-order valence-electron chi connectivity index (χ1n) is 8.29. The summed E-state index contributed by atoms with van der Waals surface area (Å²) in [6, 6.07) is 6.92. The highest BCUT2D eigenvalue weighted by Gasteiger charge is 2.23. The van der Waals surface area contributed by atoms with E-state index in [-0.39, 0.29) is 18.9 Å². The molecule has 0 fully saturated rings. The van der Waals surface area contributed by atoms with Crippen LogP contribution in [0.4, 0.5) is 8.78 Å². The number of nitrogens with one attached hydrogen (secondary N) is 2. The van der Waals surface area contributed by atoms with E-state index >= 15 is 0 Å². The maximum absolute atomic E-state index is 13.5. The van der Waals surface area contributed by atoms with Crippen molar-refractivity contribution in [2.45, 2.75) is 19.4 Å². The average Bonchev–Trinajstić information content (AvgIpc) is 3.13. The highest BCUT2D eigenvalue weighted by Crippen LogP contribution is 2.25. The number of nitrogens with zero attached hydrogens (tertiary/aromatic N) is 1. The molecule has 0 saturated carbocycles. The van der Waals surface area contributed by atoms with Gasteiger partial charge in [-0.2, -0.15) is 0 Å². The third-order valence-corrected chi connectivity index (χ3v) is 4.61. The minimum Gasteiger partial charge on any atom is -0.489 e. The minimum absolute atomic E-state index is 0.00392. The second kappa shape index (κ2) is 9.49. The summed E-state index contributed by atoms with van der Waals surface area (Å²) in [5.74, 6) is -0.867. The molecule has 5 nitrogen and oxygen atoms in total. The van der Waals surface area contributed by atoms with Gasteiger partial charge in [0.25, 0.3) is 0 Å². The van der Waals surface area contributed by atoms with Crippen LogP contribution in [0, 0.1) is 11.6 Å². The van der Waals surface area contributed by atoms with Crippen LogP contribution in [0.3, 0.4) is 0 Å². The van der Waals surface area contributed by atoms with E-state index in [2.05, 4.69) is 15.6 Å². The molecule has 0 aliphatic carbocycles. The second-order valence-electron chi connectivity index (χ2n) is 5.80. The van der Waals surface area contributed by atoms with Gasteiger partial charge in [-0.25, -0.2) is 13.8 Å². The Bertz CT molecular complexity index is 721. The Morgan fingerprint density at radius 3 is 2.77 bits per heavy atom. The predicted octanol–water partition coefficient (Wildman–Crippen LogP) is 2.87. The predicted molar refractivity (Wildman–Crippen MR) is 99.7 cm³/mol. The van der Waals surface area contributed by atoms with Crippen LogP contribution in [-0.4, -0.2) is 37.3 Å². The van der Waals surface area contributed by atoms with Crippen molar-refractivity contribution < 1.29 is 18.6 Å². The van der Waals surface area contributed by atoms with Gasteiger partial charge < -0.3 is 20.5 Å². The molecule has 1 atom stereocenters. The van der Waals surface area contributed by atoms with Crippen LogP contribution in [0.2, 0.25) is 0 Å². The van der Waals surface area contributed by atoms with Crippen LogP contribution in [0.25, 0.3) is 0 Å². The molecule has 2 aromatic rings. The topological polar surface area (TPSA) is 65.9 Å². The van der Waals surface area contributed by atoms with Crippen molar-refractivity contribution in [1.82, 2.24) is 10.6 Å². The van der Waals surface area contributed by atoms with E-state index in [1.807, 2.05) is 24.4 Å². The fraction of sp³-hybridized carbons (Fsp3) is 0.389. The zero-order valence-corrected chi connectivity index (χ0v) is 15.6. The molecule has 0 amide bonds. The molecule has 0 aliphatic heterocycles. The molecule has 8 heteroatoms. The number of aliphatic imine (C=N–C) groups is 1. The van der Waals surface area contributed by atoms with E-state index in [0.717, 1.165) is 17.0 Å². The number of guanidine groups is 1. The summed E-state index contributed by atoms with van der Waals surface area (Å²) >= 11 is 1.47. The molecule has 142 valence electrons. The fourth-order valence-electron chi connectivity index (χ4n) is 2.16. The maximum Gasteiger partial charge on any atom is 0.191 e. The van der Waals surface area contributed by atoms with Crippen molar-refractivity contribution in [2.24, 2.45) is 4.99 Å². The van der Waals surface area contributed by atoms with Gasteiger partial charge in [-0.15, -0.1) is 11.3 Å². The van der Waals surface area contributed by atoms with Gasteiger partial charge in [-0.3, -0.25) is 0 Å². The van der Waals surface area contributed by atoms with Crippen molar-refractivity contribution >= 4 is 17.3 Å². The molecule has 1 heterocycles. The molecular weight excluding hydrogens is 360 g/mol. The van der Waals surface area contributed by atoms with Crippen LogP contribution >= 0.6 is 11.3 Å². The first kappa shape index (κ1) is 20.1. The third kappa shape index (κ3) is 5.96. The monoisotopic (exact) mass is 383 g/mol. The summed E-state index contributed by atoms with van der Waals surface area (Å²) in [5, 5.41) is 18.5. The van der Waals surface area contributed by atoms with E-state index in [1.54, 1.807) is 6.92 Å². The molecule has 1 aromatic carbocycles. The Balaban J connectivity index is 1.85. The number of hydrogen-bond acceptors (Lipinski definition) is 4. The SMILES string of the molecule is CCNC(=NCC(C)(O)c1cccs1)NCCOc1ccc(F)cc1F. The summed E-state index contributed by atoms with van der Waals surface area (Å²) in [6.07, 6.45) is 0. The van der Waals surface area contributed by atoms with E-state index in [9.17, 15) is 13.9 Å². The molecule has 2 rings (SSSR count). The number of halogens is 2. The number of thiophene rings is 1. The van der Waals surface area contributed by atoms with Gasteiger partial charge in [0.1, 0.15) is 18.0 Å². The van der Waals surface area contributed by atoms with Crippen molar-refractivity contribution in [2.75, 3.05) is 26.2 Å². The molecule has 26 heavy (non-hydrogen) atoms. The van der Waals surface area contributed by atoms with Gasteiger partial charge in [0.15, 0.2) is 17.5 Å². The van der Waals surface area contributed by atoms with Gasteiger partial charge in [0.05, 0.1) is 13.1 Å². The van der Waals surface area contributed by atoms with Crippen LogP contribution < -0.4 is 15.4 Å². The Kier molecular flexibility index (Phi) is 7.35. The maximum atomic E-state index is 13.5. The highest BCUT2D eigenvalue weighted by atomic mass is 32.1. The molecule has 3 N–H and O–H groups in total. The molecule has 0 radical (unpaired) electrons. The van der Waals surface area contributed by atoms with Gasteiger partial charge in [-0.05, 0) is 37.4 Å². The average molecular weight is 383 g/mol. The number of aliphatic hydroxyl groups is 1. The molecule has 1 unspecified atom stereocenters. The summed E-state index contributed by atoms with van der Waals surface area (Å²) in [5.41, 5.74) is -1.05. The lowest BCUT2D eigenvalue weighted by Gasteiger charge is -2.20. The largest absolute Gasteiger partial charge is 0.489 e. The summed E-state index contributed by atoms with van der Waals surface area (Å²) < 4.78 is 31.6. The summed E-state index contributed by atoms with van der Waals surface area (Å²) in [6.45, 7) is 5.03. The van der Waals surface area contributed by atoms with Gasteiger partial charge in [-0.1, -0.05) is 6.07 Å². The molecule has 1 aromatic heterocycles. The fourth-order valence-corrected chi connectivity index (χ4v) is 2.94. The van der Waals surface area contributed by atoms with E-state index < -0.39 is 17.2 Å². The number of ether oxygens (including phenoxy) is 1.